The van der Waals surface area contributed by atoms with Gasteiger partial charge in [-0.05, 0) is 31.6 Å². The molecule has 0 unspecified atom stereocenters. The minimum Gasteiger partial charge on any atom is -0.307 e. The SMILES string of the molecule is CCCC1CCC(c2ncc3c(n2)CNC3)CC1. The summed E-state index contributed by atoms with van der Waals surface area (Å²) in [5.74, 6) is 2.68. The molecule has 2 aliphatic rings. The normalized spacial score (nSPS) is 27.2. The van der Waals surface area contributed by atoms with Crippen LogP contribution in [0.5, 0.6) is 0 Å². The number of hydrogen-bond acceptors (Lipinski definition) is 3. The summed E-state index contributed by atoms with van der Waals surface area (Å²) in [7, 11) is 0. The lowest BCUT2D eigenvalue weighted by Gasteiger charge is -2.27. The second-order valence-electron chi connectivity index (χ2n) is 5.81. The van der Waals surface area contributed by atoms with Crippen LogP contribution in [0.3, 0.4) is 0 Å². The summed E-state index contributed by atoms with van der Waals surface area (Å²) in [5, 5.41) is 3.34. The van der Waals surface area contributed by atoms with Gasteiger partial charge in [-0.3, -0.25) is 0 Å². The molecule has 1 aromatic rings. The Morgan fingerprint density at radius 2 is 2.06 bits per heavy atom. The molecule has 0 radical (unpaired) electrons. The standard InChI is InChI=1S/C15H23N3/c1-2-3-11-4-6-12(7-5-11)15-17-9-13-8-16-10-14(13)18-15/h9,11-12,16H,2-8,10H2,1H3. The average Bonchev–Trinajstić information content (AvgIpc) is 2.87. The zero-order valence-corrected chi connectivity index (χ0v) is 11.3. The molecule has 3 rings (SSSR count). The van der Waals surface area contributed by atoms with Crippen molar-refractivity contribution in [3.05, 3.63) is 23.3 Å². The zero-order chi connectivity index (χ0) is 12.4. The van der Waals surface area contributed by atoms with Crippen molar-refractivity contribution in [1.29, 1.82) is 0 Å². The van der Waals surface area contributed by atoms with E-state index in [1.807, 2.05) is 6.20 Å². The van der Waals surface area contributed by atoms with Gasteiger partial charge in [0.15, 0.2) is 0 Å². The Morgan fingerprint density at radius 1 is 1.22 bits per heavy atom. The Kier molecular flexibility index (Phi) is 3.59. The Bertz CT molecular complexity index is 408. The summed E-state index contributed by atoms with van der Waals surface area (Å²) >= 11 is 0. The van der Waals surface area contributed by atoms with Crippen LogP contribution < -0.4 is 5.32 Å². The van der Waals surface area contributed by atoms with Gasteiger partial charge in [-0.15, -0.1) is 0 Å². The maximum atomic E-state index is 4.77. The molecule has 18 heavy (non-hydrogen) atoms. The molecular formula is C15H23N3. The highest BCUT2D eigenvalue weighted by atomic mass is 15.0. The topological polar surface area (TPSA) is 37.8 Å². The molecule has 0 bridgehead atoms. The van der Waals surface area contributed by atoms with Crippen molar-refractivity contribution in [2.45, 2.75) is 64.5 Å². The Morgan fingerprint density at radius 3 is 2.83 bits per heavy atom. The highest BCUT2D eigenvalue weighted by Gasteiger charge is 2.24. The van der Waals surface area contributed by atoms with E-state index < -0.39 is 0 Å². The summed E-state index contributed by atoms with van der Waals surface area (Å²) in [6.07, 6.45) is 10.1. The predicted octanol–water partition coefficient (Wildman–Crippen LogP) is 3.15. The van der Waals surface area contributed by atoms with Gasteiger partial charge in [0.2, 0.25) is 0 Å². The van der Waals surface area contributed by atoms with E-state index in [0.29, 0.717) is 5.92 Å². The van der Waals surface area contributed by atoms with Crippen LogP contribution >= 0.6 is 0 Å². The number of aromatic nitrogens is 2. The zero-order valence-electron chi connectivity index (χ0n) is 11.3. The van der Waals surface area contributed by atoms with Crippen molar-refractivity contribution in [3.8, 4) is 0 Å². The number of nitrogens with one attached hydrogen (secondary N) is 1. The lowest BCUT2D eigenvalue weighted by molar-refractivity contribution is 0.302. The lowest BCUT2D eigenvalue weighted by Crippen LogP contribution is -2.16. The molecule has 0 atom stereocenters. The minimum absolute atomic E-state index is 0.615. The number of hydrogen-bond donors (Lipinski definition) is 1. The molecule has 0 spiro atoms. The van der Waals surface area contributed by atoms with Crippen LogP contribution in [-0.2, 0) is 13.1 Å². The van der Waals surface area contributed by atoms with Crippen molar-refractivity contribution in [2.75, 3.05) is 0 Å². The maximum absolute atomic E-state index is 4.77. The van der Waals surface area contributed by atoms with Crippen molar-refractivity contribution in [2.24, 2.45) is 5.92 Å². The Hall–Kier alpha value is -0.960. The molecule has 2 heterocycles. The van der Waals surface area contributed by atoms with Crippen LogP contribution in [0.25, 0.3) is 0 Å². The summed E-state index contributed by atoms with van der Waals surface area (Å²) in [6.45, 7) is 4.16. The number of rotatable bonds is 3. The van der Waals surface area contributed by atoms with Crippen LogP contribution in [0.2, 0.25) is 0 Å². The smallest absolute Gasteiger partial charge is 0.131 e. The van der Waals surface area contributed by atoms with Crippen molar-refractivity contribution in [1.82, 2.24) is 15.3 Å². The van der Waals surface area contributed by atoms with E-state index in [1.165, 1.54) is 49.8 Å². The molecular weight excluding hydrogens is 222 g/mol. The van der Waals surface area contributed by atoms with Gasteiger partial charge in [0.05, 0.1) is 5.69 Å². The fraction of sp³-hybridized carbons (Fsp3) is 0.733. The second kappa shape index (κ2) is 5.35. The first-order valence-electron chi connectivity index (χ1n) is 7.42. The van der Waals surface area contributed by atoms with Gasteiger partial charge in [0, 0.05) is 30.8 Å². The highest BCUT2D eigenvalue weighted by Crippen LogP contribution is 2.36. The third-order valence-corrected chi connectivity index (χ3v) is 4.49. The van der Waals surface area contributed by atoms with E-state index in [0.717, 1.165) is 24.8 Å². The molecule has 1 aliphatic carbocycles. The van der Waals surface area contributed by atoms with E-state index in [9.17, 15) is 0 Å². The average molecular weight is 245 g/mol. The van der Waals surface area contributed by atoms with Crippen molar-refractivity contribution in [3.63, 3.8) is 0 Å². The first-order chi connectivity index (χ1) is 8.86. The van der Waals surface area contributed by atoms with Crippen LogP contribution in [0, 0.1) is 5.92 Å². The van der Waals surface area contributed by atoms with Gasteiger partial charge >= 0.3 is 0 Å². The van der Waals surface area contributed by atoms with E-state index in [1.54, 1.807) is 0 Å². The first-order valence-corrected chi connectivity index (χ1v) is 7.42. The number of fused-ring (bicyclic) bond motifs is 1. The monoisotopic (exact) mass is 245 g/mol. The molecule has 1 N–H and O–H groups in total. The summed E-state index contributed by atoms with van der Waals surface area (Å²) in [6, 6.07) is 0. The molecule has 0 aromatic carbocycles. The molecule has 1 saturated carbocycles. The minimum atomic E-state index is 0.615. The molecule has 3 nitrogen and oxygen atoms in total. The molecule has 98 valence electrons. The molecule has 1 aromatic heterocycles. The second-order valence-corrected chi connectivity index (χ2v) is 5.81. The first kappa shape index (κ1) is 12.1. The van der Waals surface area contributed by atoms with Crippen LogP contribution in [-0.4, -0.2) is 9.97 Å². The lowest BCUT2D eigenvalue weighted by atomic mass is 9.80. The van der Waals surface area contributed by atoms with Crippen LogP contribution in [0.4, 0.5) is 0 Å². The third-order valence-electron chi connectivity index (χ3n) is 4.49. The highest BCUT2D eigenvalue weighted by molar-refractivity contribution is 5.22. The maximum Gasteiger partial charge on any atom is 0.131 e. The summed E-state index contributed by atoms with van der Waals surface area (Å²) in [5.41, 5.74) is 2.52. The van der Waals surface area contributed by atoms with E-state index in [-0.39, 0.29) is 0 Å². The van der Waals surface area contributed by atoms with E-state index >= 15 is 0 Å². The third kappa shape index (κ3) is 2.41. The molecule has 0 saturated heterocycles. The van der Waals surface area contributed by atoms with Gasteiger partial charge in [0.25, 0.3) is 0 Å². The van der Waals surface area contributed by atoms with Gasteiger partial charge in [-0.25, -0.2) is 9.97 Å². The van der Waals surface area contributed by atoms with Gasteiger partial charge in [0.1, 0.15) is 5.82 Å². The van der Waals surface area contributed by atoms with Crippen LogP contribution in [0.15, 0.2) is 6.20 Å². The van der Waals surface area contributed by atoms with Crippen molar-refractivity contribution >= 4 is 0 Å². The number of nitrogens with zero attached hydrogens (tertiary/aromatic N) is 2. The molecule has 0 amide bonds. The van der Waals surface area contributed by atoms with Crippen molar-refractivity contribution < 1.29 is 0 Å². The summed E-state index contributed by atoms with van der Waals surface area (Å²) < 4.78 is 0. The van der Waals surface area contributed by atoms with Crippen LogP contribution in [0.1, 0.15) is 68.4 Å². The fourth-order valence-electron chi connectivity index (χ4n) is 3.39. The van der Waals surface area contributed by atoms with Gasteiger partial charge < -0.3 is 5.32 Å². The summed E-state index contributed by atoms with van der Waals surface area (Å²) in [4.78, 5) is 9.37. The van der Waals surface area contributed by atoms with E-state index in [4.69, 9.17) is 4.98 Å². The van der Waals surface area contributed by atoms with Gasteiger partial charge in [-0.2, -0.15) is 0 Å². The Balaban J connectivity index is 1.66. The van der Waals surface area contributed by atoms with Gasteiger partial charge in [-0.1, -0.05) is 19.8 Å². The van der Waals surface area contributed by atoms with E-state index in [2.05, 4.69) is 17.2 Å². The molecule has 1 aliphatic heterocycles. The Labute approximate surface area is 109 Å². The molecule has 3 heteroatoms. The quantitative estimate of drug-likeness (QED) is 0.889. The predicted molar refractivity (Wildman–Crippen MR) is 72.2 cm³/mol. The molecule has 1 fully saturated rings. The fourth-order valence-corrected chi connectivity index (χ4v) is 3.39. The largest absolute Gasteiger partial charge is 0.307 e.